The molecular weight excluding hydrogens is 190 g/mol. The van der Waals surface area contributed by atoms with E-state index in [2.05, 4.69) is 30.5 Å². The van der Waals surface area contributed by atoms with Crippen molar-refractivity contribution in [2.75, 3.05) is 0 Å². The van der Waals surface area contributed by atoms with E-state index in [9.17, 15) is 4.79 Å². The molecule has 84 valence electrons. The fraction of sp³-hybridized carbons (Fsp3) is 0.636. The molecule has 0 aromatic rings. The highest BCUT2D eigenvalue weighted by molar-refractivity contribution is 5.98. The van der Waals surface area contributed by atoms with Crippen LogP contribution in [0.25, 0.3) is 0 Å². The summed E-state index contributed by atoms with van der Waals surface area (Å²) >= 11 is 0. The largest absolute Gasteiger partial charge is 0.350 e. The third-order valence-electron chi connectivity index (χ3n) is 2.77. The Morgan fingerprint density at radius 2 is 2.27 bits per heavy atom. The number of primary amides is 1. The van der Waals surface area contributed by atoms with Crippen molar-refractivity contribution in [2.45, 2.75) is 40.0 Å². The summed E-state index contributed by atoms with van der Waals surface area (Å²) in [6.45, 7) is 6.41. The van der Waals surface area contributed by atoms with Gasteiger partial charge in [0.2, 0.25) is 0 Å². The van der Waals surface area contributed by atoms with Crippen molar-refractivity contribution in [3.63, 3.8) is 0 Å². The van der Waals surface area contributed by atoms with Gasteiger partial charge < -0.3 is 5.73 Å². The molecule has 15 heavy (non-hydrogen) atoms. The van der Waals surface area contributed by atoms with E-state index in [1.54, 1.807) is 0 Å². The summed E-state index contributed by atoms with van der Waals surface area (Å²) in [4.78, 5) is 10.5. The van der Waals surface area contributed by atoms with Gasteiger partial charge in [-0.25, -0.2) is 10.2 Å². The average Bonchev–Trinajstić information content (AvgIpc) is 2.14. The zero-order valence-corrected chi connectivity index (χ0v) is 9.63. The molecule has 3 N–H and O–H groups in total. The Labute approximate surface area is 90.6 Å². The molecule has 0 fully saturated rings. The van der Waals surface area contributed by atoms with Crippen molar-refractivity contribution in [1.82, 2.24) is 5.43 Å². The summed E-state index contributed by atoms with van der Waals surface area (Å²) < 4.78 is 0. The van der Waals surface area contributed by atoms with E-state index in [1.165, 1.54) is 5.57 Å². The molecule has 4 nitrogen and oxygen atoms in total. The highest BCUT2D eigenvalue weighted by atomic mass is 16.2. The van der Waals surface area contributed by atoms with Crippen LogP contribution in [0.5, 0.6) is 0 Å². The monoisotopic (exact) mass is 209 g/mol. The predicted octanol–water partition coefficient (Wildman–Crippen LogP) is 2.17. The molecule has 0 atom stereocenters. The minimum atomic E-state index is -0.619. The Morgan fingerprint density at radius 1 is 1.60 bits per heavy atom. The second-order valence-electron chi connectivity index (χ2n) is 4.77. The molecule has 0 unspecified atom stereocenters. The first-order valence-electron chi connectivity index (χ1n) is 5.20. The number of hydrogen-bond acceptors (Lipinski definition) is 2. The zero-order valence-electron chi connectivity index (χ0n) is 9.63. The first-order valence-corrected chi connectivity index (χ1v) is 5.20. The SMILES string of the molecule is CC(=NNC(N)=O)C1=CCC(C)(C)CC1. The number of nitrogens with one attached hydrogen (secondary N) is 1. The maximum absolute atomic E-state index is 10.5. The number of allylic oxidation sites excluding steroid dienone is 2. The van der Waals surface area contributed by atoms with Gasteiger partial charge in [-0.2, -0.15) is 5.10 Å². The summed E-state index contributed by atoms with van der Waals surface area (Å²) in [5.74, 6) is 0. The second kappa shape index (κ2) is 4.47. The Bertz CT molecular complexity index is 316. The molecule has 4 heteroatoms. The topological polar surface area (TPSA) is 67.5 Å². The lowest BCUT2D eigenvalue weighted by atomic mass is 9.77. The van der Waals surface area contributed by atoms with E-state index >= 15 is 0 Å². The summed E-state index contributed by atoms with van der Waals surface area (Å²) in [5.41, 5.74) is 9.64. The summed E-state index contributed by atoms with van der Waals surface area (Å²) in [5, 5.41) is 3.92. The molecule has 0 radical (unpaired) electrons. The number of nitrogens with two attached hydrogens (primary N) is 1. The van der Waals surface area contributed by atoms with Crippen molar-refractivity contribution in [2.24, 2.45) is 16.3 Å². The molecule has 0 heterocycles. The standard InChI is InChI=1S/C11H19N3O/c1-8(13-14-10(12)15)9-4-6-11(2,3)7-5-9/h4H,5-7H2,1-3H3,(H3,12,14,15). The van der Waals surface area contributed by atoms with E-state index in [0.29, 0.717) is 5.41 Å². The average molecular weight is 209 g/mol. The fourth-order valence-corrected chi connectivity index (χ4v) is 1.62. The van der Waals surface area contributed by atoms with Gasteiger partial charge in [0.05, 0.1) is 5.71 Å². The van der Waals surface area contributed by atoms with Gasteiger partial charge in [0.15, 0.2) is 0 Å². The second-order valence-corrected chi connectivity index (χ2v) is 4.77. The Kier molecular flexibility index (Phi) is 3.50. The van der Waals surface area contributed by atoms with E-state index < -0.39 is 6.03 Å². The van der Waals surface area contributed by atoms with Crippen LogP contribution in [0.4, 0.5) is 4.79 Å². The van der Waals surface area contributed by atoms with Crippen LogP contribution in [0.1, 0.15) is 40.0 Å². The van der Waals surface area contributed by atoms with Gasteiger partial charge in [0.1, 0.15) is 0 Å². The van der Waals surface area contributed by atoms with Crippen LogP contribution in [-0.4, -0.2) is 11.7 Å². The number of urea groups is 1. The molecule has 0 saturated heterocycles. The van der Waals surface area contributed by atoms with Crippen LogP contribution in [0.2, 0.25) is 0 Å². The van der Waals surface area contributed by atoms with Crippen LogP contribution >= 0.6 is 0 Å². The molecule has 0 saturated carbocycles. The van der Waals surface area contributed by atoms with Crippen molar-refractivity contribution in [1.29, 1.82) is 0 Å². The maximum atomic E-state index is 10.5. The van der Waals surface area contributed by atoms with Gasteiger partial charge in [-0.3, -0.25) is 0 Å². The van der Waals surface area contributed by atoms with Crippen molar-refractivity contribution < 1.29 is 4.79 Å². The smallest absolute Gasteiger partial charge is 0.332 e. The van der Waals surface area contributed by atoms with Gasteiger partial charge >= 0.3 is 6.03 Å². The number of carbonyl (C=O) groups is 1. The molecule has 0 bridgehead atoms. The van der Waals surface area contributed by atoms with Crippen molar-refractivity contribution in [3.8, 4) is 0 Å². The lowest BCUT2D eigenvalue weighted by Crippen LogP contribution is -2.26. The maximum Gasteiger partial charge on any atom is 0.332 e. The van der Waals surface area contributed by atoms with Gasteiger partial charge in [0.25, 0.3) is 0 Å². The first kappa shape index (κ1) is 11.8. The number of nitrogens with zero attached hydrogens (tertiary/aromatic N) is 1. The fourth-order valence-electron chi connectivity index (χ4n) is 1.62. The molecule has 1 aliphatic carbocycles. The van der Waals surface area contributed by atoms with E-state index in [1.807, 2.05) is 6.92 Å². The highest BCUT2D eigenvalue weighted by Gasteiger charge is 2.22. The van der Waals surface area contributed by atoms with Crippen LogP contribution < -0.4 is 11.2 Å². The van der Waals surface area contributed by atoms with E-state index in [-0.39, 0.29) is 0 Å². The van der Waals surface area contributed by atoms with Crippen molar-refractivity contribution >= 4 is 11.7 Å². The number of amides is 2. The normalized spacial score (nSPS) is 20.7. The lowest BCUT2D eigenvalue weighted by molar-refractivity contribution is 0.249. The number of carbonyl (C=O) groups excluding carboxylic acids is 1. The molecule has 2 amide bonds. The predicted molar refractivity (Wildman–Crippen MR) is 61.5 cm³/mol. The molecule has 0 aromatic carbocycles. The van der Waals surface area contributed by atoms with Crippen LogP contribution in [-0.2, 0) is 0 Å². The van der Waals surface area contributed by atoms with E-state index in [0.717, 1.165) is 25.0 Å². The minimum Gasteiger partial charge on any atom is -0.350 e. The van der Waals surface area contributed by atoms with Gasteiger partial charge in [0, 0.05) is 0 Å². The summed E-state index contributed by atoms with van der Waals surface area (Å²) in [7, 11) is 0. The summed E-state index contributed by atoms with van der Waals surface area (Å²) in [6, 6.07) is -0.619. The van der Waals surface area contributed by atoms with Gasteiger partial charge in [-0.1, -0.05) is 19.9 Å². The Morgan fingerprint density at radius 3 is 2.73 bits per heavy atom. The first-order chi connectivity index (χ1) is 6.91. The Balaban J connectivity index is 2.62. The van der Waals surface area contributed by atoms with Crippen LogP contribution in [0.3, 0.4) is 0 Å². The zero-order chi connectivity index (χ0) is 11.5. The molecule has 0 aliphatic heterocycles. The number of hydrazone groups is 1. The minimum absolute atomic E-state index is 0.390. The molecular formula is C11H19N3O. The van der Waals surface area contributed by atoms with Crippen molar-refractivity contribution in [3.05, 3.63) is 11.6 Å². The molecule has 1 aliphatic rings. The summed E-state index contributed by atoms with van der Waals surface area (Å²) in [6.07, 6.45) is 5.43. The van der Waals surface area contributed by atoms with Crippen LogP contribution in [0.15, 0.2) is 16.8 Å². The van der Waals surface area contributed by atoms with Crippen LogP contribution in [0, 0.1) is 5.41 Å². The Hall–Kier alpha value is -1.32. The number of rotatable bonds is 2. The molecule has 1 rings (SSSR count). The number of hydrogen-bond donors (Lipinski definition) is 2. The van der Waals surface area contributed by atoms with Gasteiger partial charge in [-0.15, -0.1) is 0 Å². The third kappa shape index (κ3) is 3.73. The quantitative estimate of drug-likeness (QED) is 0.531. The van der Waals surface area contributed by atoms with E-state index in [4.69, 9.17) is 5.73 Å². The third-order valence-corrected chi connectivity index (χ3v) is 2.77. The highest BCUT2D eigenvalue weighted by Crippen LogP contribution is 2.34. The molecule has 0 spiro atoms. The molecule has 0 aromatic heterocycles. The van der Waals surface area contributed by atoms with Gasteiger partial charge in [-0.05, 0) is 37.2 Å². The lowest BCUT2D eigenvalue weighted by Gasteiger charge is -2.28.